The summed E-state index contributed by atoms with van der Waals surface area (Å²) in [6.07, 6.45) is 3.31. The van der Waals surface area contributed by atoms with Crippen molar-refractivity contribution >= 4 is 22.2 Å². The zero-order chi connectivity index (χ0) is 20.8. The predicted octanol–water partition coefficient (Wildman–Crippen LogP) is 3.68. The molecule has 30 heavy (non-hydrogen) atoms. The summed E-state index contributed by atoms with van der Waals surface area (Å²) in [5.74, 6) is -0.197. The van der Waals surface area contributed by atoms with Gasteiger partial charge in [0.15, 0.2) is 0 Å². The van der Waals surface area contributed by atoms with Crippen LogP contribution in [-0.2, 0) is 17.7 Å². The summed E-state index contributed by atoms with van der Waals surface area (Å²) in [5, 5.41) is 25.0. The summed E-state index contributed by atoms with van der Waals surface area (Å²) >= 11 is 0. The van der Waals surface area contributed by atoms with Crippen molar-refractivity contribution in [3.8, 4) is 0 Å². The van der Waals surface area contributed by atoms with Gasteiger partial charge in [-0.3, -0.25) is 10.3 Å². The Hall–Kier alpha value is -2.41. The van der Waals surface area contributed by atoms with Crippen molar-refractivity contribution in [2.24, 2.45) is 0 Å². The van der Waals surface area contributed by atoms with E-state index in [2.05, 4.69) is 17.0 Å². The van der Waals surface area contributed by atoms with E-state index in [1.54, 1.807) is 6.07 Å². The topological polar surface area (TPSA) is 56.2 Å². The second-order valence-corrected chi connectivity index (χ2v) is 8.97. The lowest BCUT2D eigenvalue weighted by molar-refractivity contribution is -0.0311. The van der Waals surface area contributed by atoms with Gasteiger partial charge < -0.3 is 14.7 Å². The number of benzene rings is 2. The van der Waals surface area contributed by atoms with Crippen LogP contribution in [0.2, 0.25) is 0 Å². The highest BCUT2D eigenvalue weighted by Crippen LogP contribution is 2.49. The molecule has 2 aromatic rings. The van der Waals surface area contributed by atoms with Crippen LogP contribution >= 0.6 is 0 Å². The number of ether oxygens (including phenoxy) is 1. The Morgan fingerprint density at radius 3 is 2.87 bits per heavy atom. The number of halogens is 1. The van der Waals surface area contributed by atoms with Gasteiger partial charge in [-0.2, -0.15) is 0 Å². The number of hydrogen-bond donors (Lipinski definition) is 2. The fraction of sp³-hybridized carbons (Fsp3) is 0.417. The Bertz CT molecular complexity index is 1190. The molecule has 5 nitrogen and oxygen atoms in total. The van der Waals surface area contributed by atoms with Crippen molar-refractivity contribution < 1.29 is 19.4 Å². The summed E-state index contributed by atoms with van der Waals surface area (Å²) < 4.78 is 20.3. The second-order valence-electron chi connectivity index (χ2n) is 8.97. The third-order valence-electron chi connectivity index (χ3n) is 7.38. The number of hydrogen-bond acceptors (Lipinski definition) is 5. The van der Waals surface area contributed by atoms with Gasteiger partial charge in [0.2, 0.25) is 0 Å². The Balaban J connectivity index is 1.61. The van der Waals surface area contributed by atoms with Crippen molar-refractivity contribution in [3.05, 3.63) is 57.4 Å². The van der Waals surface area contributed by atoms with E-state index in [0.717, 1.165) is 50.0 Å². The van der Waals surface area contributed by atoms with Crippen LogP contribution in [0.25, 0.3) is 16.5 Å². The zero-order valence-electron chi connectivity index (χ0n) is 17.3. The van der Waals surface area contributed by atoms with Crippen molar-refractivity contribution in [2.45, 2.75) is 38.8 Å². The van der Waals surface area contributed by atoms with E-state index in [1.165, 1.54) is 5.06 Å². The molecule has 4 aliphatic rings. The first-order valence-electron chi connectivity index (χ1n) is 10.6. The molecule has 0 aromatic heterocycles. The minimum absolute atomic E-state index is 0.197. The summed E-state index contributed by atoms with van der Waals surface area (Å²) in [6.45, 7) is 6.47. The summed E-state index contributed by atoms with van der Waals surface area (Å²) in [7, 11) is 0. The Kier molecular flexibility index (Phi) is 3.71. The maximum Gasteiger partial charge on any atom is 0.127 e. The van der Waals surface area contributed by atoms with Gasteiger partial charge in [-0.25, -0.2) is 4.39 Å². The molecule has 4 heterocycles. The van der Waals surface area contributed by atoms with Crippen molar-refractivity contribution in [1.82, 2.24) is 4.90 Å². The van der Waals surface area contributed by atoms with Crippen LogP contribution in [-0.4, -0.2) is 47.1 Å². The molecule has 0 spiro atoms. The first-order chi connectivity index (χ1) is 14.4. The molecular weight excluding hydrogens is 383 g/mol. The molecule has 0 amide bonds. The van der Waals surface area contributed by atoms with Crippen molar-refractivity contribution in [1.29, 1.82) is 0 Å². The number of hydroxylamine groups is 1. The number of anilines is 1. The Labute approximate surface area is 174 Å². The summed E-state index contributed by atoms with van der Waals surface area (Å²) in [4.78, 5) is 2.27. The number of fused-ring (bicyclic) bond motifs is 4. The molecule has 0 saturated heterocycles. The van der Waals surface area contributed by atoms with E-state index in [0.29, 0.717) is 51.3 Å². The van der Waals surface area contributed by atoms with E-state index in [4.69, 9.17) is 4.74 Å². The van der Waals surface area contributed by atoms with Crippen LogP contribution in [0, 0.1) is 12.7 Å². The van der Waals surface area contributed by atoms with Gasteiger partial charge in [0, 0.05) is 41.8 Å². The molecule has 0 aliphatic carbocycles. The maximum absolute atomic E-state index is 14.6. The van der Waals surface area contributed by atoms with Gasteiger partial charge >= 0.3 is 0 Å². The van der Waals surface area contributed by atoms with Crippen molar-refractivity contribution in [3.63, 3.8) is 0 Å². The van der Waals surface area contributed by atoms with E-state index in [-0.39, 0.29) is 5.82 Å². The lowest BCUT2D eigenvalue weighted by Gasteiger charge is -2.39. The largest absolute Gasteiger partial charge is 0.383 e. The quantitative estimate of drug-likeness (QED) is 0.754. The van der Waals surface area contributed by atoms with Crippen LogP contribution in [0.15, 0.2) is 29.4 Å². The predicted molar refractivity (Wildman–Crippen MR) is 113 cm³/mol. The van der Waals surface area contributed by atoms with Gasteiger partial charge in [-0.05, 0) is 65.6 Å². The average molecular weight is 408 g/mol. The molecular formula is C24H25FN2O3. The highest BCUT2D eigenvalue weighted by molar-refractivity contribution is 6.03. The molecule has 0 radical (unpaired) electrons. The average Bonchev–Trinajstić information content (AvgIpc) is 3.09. The van der Waals surface area contributed by atoms with Gasteiger partial charge in [-0.1, -0.05) is 6.92 Å². The molecule has 156 valence electrons. The molecule has 2 N–H and O–H groups in total. The molecule has 6 rings (SSSR count). The van der Waals surface area contributed by atoms with E-state index < -0.39 is 5.60 Å². The molecule has 0 bridgehead atoms. The SMILES string of the molecule is CC[C@@]1(O)COCC2=C1C=C1c3cc4cc(F)c(C)c5c4c(c3CN1C2)N(O)CC5. The third-order valence-corrected chi connectivity index (χ3v) is 7.38. The standard InChI is InChI=1S/C24H25FN2O3/c1-3-24(28)12-30-11-15-9-26-10-18-17(21(26)8-19(15)24)6-14-7-20(25)13(2)16-4-5-27(29)23(18)22(14)16/h6-8,28-29H,3-5,9-12H2,1-2H3/t24-/m1/s1. The summed E-state index contributed by atoms with van der Waals surface area (Å²) in [6, 6.07) is 3.64. The van der Waals surface area contributed by atoms with Crippen LogP contribution in [0.4, 0.5) is 10.1 Å². The lowest BCUT2D eigenvalue weighted by Crippen LogP contribution is -2.43. The molecule has 0 fully saturated rings. The first kappa shape index (κ1) is 18.4. The molecule has 0 saturated carbocycles. The lowest BCUT2D eigenvalue weighted by atomic mass is 9.83. The fourth-order valence-corrected chi connectivity index (χ4v) is 5.66. The van der Waals surface area contributed by atoms with Gasteiger partial charge in [0.25, 0.3) is 0 Å². The second kappa shape index (κ2) is 6.06. The van der Waals surface area contributed by atoms with Crippen LogP contribution < -0.4 is 5.06 Å². The van der Waals surface area contributed by atoms with Crippen LogP contribution in [0.3, 0.4) is 0 Å². The number of aliphatic hydroxyl groups is 1. The van der Waals surface area contributed by atoms with E-state index in [9.17, 15) is 14.7 Å². The minimum Gasteiger partial charge on any atom is -0.383 e. The van der Waals surface area contributed by atoms with E-state index >= 15 is 0 Å². The van der Waals surface area contributed by atoms with Gasteiger partial charge in [-0.15, -0.1) is 0 Å². The smallest absolute Gasteiger partial charge is 0.127 e. The first-order valence-corrected chi connectivity index (χ1v) is 10.6. The van der Waals surface area contributed by atoms with Crippen LogP contribution in [0.5, 0.6) is 0 Å². The zero-order valence-corrected chi connectivity index (χ0v) is 17.3. The van der Waals surface area contributed by atoms with Crippen molar-refractivity contribution in [2.75, 3.05) is 31.4 Å². The monoisotopic (exact) mass is 408 g/mol. The number of nitrogens with zero attached hydrogens (tertiary/aromatic N) is 2. The molecule has 2 aromatic carbocycles. The number of rotatable bonds is 1. The van der Waals surface area contributed by atoms with Gasteiger partial charge in [0.05, 0.1) is 18.9 Å². The normalized spacial score (nSPS) is 24.8. The maximum atomic E-state index is 14.6. The highest BCUT2D eigenvalue weighted by atomic mass is 19.1. The third kappa shape index (κ3) is 2.27. The molecule has 4 aliphatic heterocycles. The molecule has 1 atom stereocenters. The Morgan fingerprint density at radius 1 is 1.23 bits per heavy atom. The summed E-state index contributed by atoms with van der Waals surface area (Å²) in [5.41, 5.74) is 6.71. The fourth-order valence-electron chi connectivity index (χ4n) is 5.66. The van der Waals surface area contributed by atoms with Crippen LogP contribution in [0.1, 0.15) is 35.6 Å². The molecule has 6 heteroatoms. The van der Waals surface area contributed by atoms with Gasteiger partial charge in [0.1, 0.15) is 11.4 Å². The molecule has 0 unspecified atom stereocenters. The van der Waals surface area contributed by atoms with E-state index in [1.807, 2.05) is 13.8 Å². The Morgan fingerprint density at radius 2 is 2.07 bits per heavy atom. The highest BCUT2D eigenvalue weighted by Gasteiger charge is 2.41. The minimum atomic E-state index is -0.972.